The van der Waals surface area contributed by atoms with Crippen LogP contribution in [0.2, 0.25) is 0 Å². The molecule has 60 valence electrons. The van der Waals surface area contributed by atoms with Gasteiger partial charge in [-0.2, -0.15) is 0 Å². The molecule has 10 heavy (non-hydrogen) atoms. The maximum Gasteiger partial charge on any atom is 0.330 e. The lowest BCUT2D eigenvalue weighted by molar-refractivity contribution is 0.204. The molecule has 0 radical (unpaired) electrons. The van der Waals surface area contributed by atoms with Crippen LogP contribution in [-0.2, 0) is 9.09 Å². The van der Waals surface area contributed by atoms with E-state index >= 15 is 0 Å². The van der Waals surface area contributed by atoms with Gasteiger partial charge in [0.1, 0.15) is 0 Å². The highest BCUT2D eigenvalue weighted by Gasteiger charge is 2.34. The minimum atomic E-state index is -3.30. The van der Waals surface area contributed by atoms with Crippen molar-refractivity contribution in [3.05, 3.63) is 0 Å². The smallest absolute Gasteiger partial charge is 0.326 e. The molecule has 3 atom stereocenters. The zero-order valence-electron chi connectivity index (χ0n) is 5.86. The molecule has 0 aliphatic carbocycles. The summed E-state index contributed by atoms with van der Waals surface area (Å²) in [7, 11) is -3.30. The van der Waals surface area contributed by atoms with Crippen LogP contribution in [0.25, 0.3) is 0 Å². The van der Waals surface area contributed by atoms with E-state index in [9.17, 15) is 4.57 Å². The summed E-state index contributed by atoms with van der Waals surface area (Å²) in [4.78, 5) is 9.04. The second-order valence-corrected chi connectivity index (χ2v) is 4.97. The summed E-state index contributed by atoms with van der Waals surface area (Å²) in [5, 5.41) is 0. The highest BCUT2D eigenvalue weighted by molar-refractivity contribution is 7.53. The molecular formula is C5H12NO3P. The molecule has 0 spiro atoms. The summed E-state index contributed by atoms with van der Waals surface area (Å²) in [6.45, 7) is 1.89. The van der Waals surface area contributed by atoms with Gasteiger partial charge < -0.3 is 15.2 Å². The first-order chi connectivity index (χ1) is 4.52. The molecular weight excluding hydrogens is 153 g/mol. The van der Waals surface area contributed by atoms with Crippen LogP contribution >= 0.6 is 7.60 Å². The Hall–Kier alpha value is 0.110. The second kappa shape index (κ2) is 2.62. The van der Waals surface area contributed by atoms with Gasteiger partial charge >= 0.3 is 7.60 Å². The van der Waals surface area contributed by atoms with E-state index in [1.807, 2.05) is 0 Å². The minimum absolute atomic E-state index is 0.0794. The maximum absolute atomic E-state index is 11.0. The van der Waals surface area contributed by atoms with Gasteiger partial charge in [0, 0.05) is 6.04 Å². The lowest BCUT2D eigenvalue weighted by Crippen LogP contribution is -2.34. The van der Waals surface area contributed by atoms with Crippen molar-refractivity contribution in [3.63, 3.8) is 0 Å². The third-order valence-corrected chi connectivity index (χ3v) is 3.52. The maximum atomic E-state index is 11.0. The quantitative estimate of drug-likeness (QED) is 0.506. The molecule has 1 aliphatic heterocycles. The molecule has 0 aromatic heterocycles. The Morgan fingerprint density at radius 2 is 2.40 bits per heavy atom. The molecule has 1 aliphatic rings. The lowest BCUT2D eigenvalue weighted by Gasteiger charge is -2.28. The molecule has 5 heteroatoms. The Bertz CT molecular complexity index is 172. The van der Waals surface area contributed by atoms with Crippen LogP contribution in [-0.4, -0.2) is 23.2 Å². The first-order valence-corrected chi connectivity index (χ1v) is 4.89. The van der Waals surface area contributed by atoms with Crippen LogP contribution < -0.4 is 5.73 Å². The van der Waals surface area contributed by atoms with Crippen molar-refractivity contribution < 1.29 is 14.0 Å². The third-order valence-electron chi connectivity index (χ3n) is 1.67. The van der Waals surface area contributed by atoms with E-state index in [-0.39, 0.29) is 18.3 Å². The van der Waals surface area contributed by atoms with Gasteiger partial charge in [0.25, 0.3) is 0 Å². The predicted octanol–water partition coefficient (Wildman–Crippen LogP) is 0.308. The topological polar surface area (TPSA) is 72.5 Å². The number of rotatable bonds is 0. The van der Waals surface area contributed by atoms with Crippen molar-refractivity contribution >= 4 is 7.60 Å². The van der Waals surface area contributed by atoms with Gasteiger partial charge in [-0.3, -0.25) is 4.57 Å². The molecule has 0 aromatic rings. The Morgan fingerprint density at radius 1 is 1.80 bits per heavy atom. The molecule has 1 heterocycles. The third kappa shape index (κ3) is 1.58. The number of hydrogen-bond donors (Lipinski definition) is 2. The first kappa shape index (κ1) is 8.21. The second-order valence-electron chi connectivity index (χ2n) is 2.70. The monoisotopic (exact) mass is 165 g/mol. The van der Waals surface area contributed by atoms with Gasteiger partial charge in [0.05, 0.1) is 12.3 Å². The summed E-state index contributed by atoms with van der Waals surface area (Å²) >= 11 is 0. The van der Waals surface area contributed by atoms with Gasteiger partial charge in [-0.15, -0.1) is 0 Å². The van der Waals surface area contributed by atoms with Crippen LogP contribution in [0.3, 0.4) is 0 Å². The molecule has 0 aromatic carbocycles. The van der Waals surface area contributed by atoms with Crippen LogP contribution in [0.1, 0.15) is 13.3 Å². The summed E-state index contributed by atoms with van der Waals surface area (Å²) in [6, 6.07) is -0.0794. The Kier molecular flexibility index (Phi) is 2.15. The standard InChI is InChI=1S/C5H12NO3P/c1-4-2-5(6)3-9-10(4,7)8/h4-5H,2-3,6H2,1H3,(H,7,8)/t4-,5+/m0/s1. The lowest BCUT2D eigenvalue weighted by atomic mass is 10.2. The van der Waals surface area contributed by atoms with E-state index in [2.05, 4.69) is 4.52 Å². The molecule has 1 rings (SSSR count). The summed E-state index contributed by atoms with van der Waals surface area (Å²) < 4.78 is 15.7. The molecule has 1 saturated heterocycles. The summed E-state index contributed by atoms with van der Waals surface area (Å²) in [5.41, 5.74) is 5.18. The summed E-state index contributed by atoms with van der Waals surface area (Å²) in [6.07, 6.45) is 0.577. The van der Waals surface area contributed by atoms with Crippen LogP contribution in [0.5, 0.6) is 0 Å². The van der Waals surface area contributed by atoms with Gasteiger partial charge in [0.2, 0.25) is 0 Å². The van der Waals surface area contributed by atoms with E-state index in [1.165, 1.54) is 0 Å². The van der Waals surface area contributed by atoms with Crippen LogP contribution in [0, 0.1) is 0 Å². The molecule has 0 amide bonds. The fourth-order valence-corrected chi connectivity index (χ4v) is 2.17. The van der Waals surface area contributed by atoms with Crippen molar-refractivity contribution in [1.29, 1.82) is 0 Å². The molecule has 1 fully saturated rings. The van der Waals surface area contributed by atoms with Crippen molar-refractivity contribution in [2.45, 2.75) is 25.0 Å². The van der Waals surface area contributed by atoms with E-state index < -0.39 is 7.60 Å². The van der Waals surface area contributed by atoms with Crippen LogP contribution in [0.4, 0.5) is 0 Å². The molecule has 4 nitrogen and oxygen atoms in total. The molecule has 0 bridgehead atoms. The fourth-order valence-electron chi connectivity index (χ4n) is 0.969. The highest BCUT2D eigenvalue weighted by atomic mass is 31.2. The van der Waals surface area contributed by atoms with Gasteiger partial charge in [-0.1, -0.05) is 6.92 Å². The number of nitrogens with two attached hydrogens (primary N) is 1. The molecule has 1 unspecified atom stereocenters. The van der Waals surface area contributed by atoms with Crippen molar-refractivity contribution in [1.82, 2.24) is 0 Å². The van der Waals surface area contributed by atoms with E-state index in [4.69, 9.17) is 10.6 Å². The van der Waals surface area contributed by atoms with Crippen LogP contribution in [0.15, 0.2) is 0 Å². The normalized spacial score (nSPS) is 49.1. The molecule has 0 saturated carbocycles. The largest absolute Gasteiger partial charge is 0.330 e. The van der Waals surface area contributed by atoms with Gasteiger partial charge in [-0.25, -0.2) is 0 Å². The van der Waals surface area contributed by atoms with Gasteiger partial charge in [0.15, 0.2) is 0 Å². The van der Waals surface area contributed by atoms with E-state index in [0.29, 0.717) is 6.42 Å². The minimum Gasteiger partial charge on any atom is -0.326 e. The van der Waals surface area contributed by atoms with Crippen molar-refractivity contribution in [2.75, 3.05) is 6.61 Å². The van der Waals surface area contributed by atoms with Crippen molar-refractivity contribution in [3.8, 4) is 0 Å². The zero-order chi connectivity index (χ0) is 7.78. The average molecular weight is 165 g/mol. The average Bonchev–Trinajstić information content (AvgIpc) is 1.81. The van der Waals surface area contributed by atoms with E-state index in [1.54, 1.807) is 6.92 Å². The highest BCUT2D eigenvalue weighted by Crippen LogP contribution is 2.51. The Balaban J connectivity index is 2.61. The Morgan fingerprint density at radius 3 is 2.80 bits per heavy atom. The first-order valence-electron chi connectivity index (χ1n) is 3.25. The molecule has 3 N–H and O–H groups in total. The van der Waals surface area contributed by atoms with Crippen molar-refractivity contribution in [2.24, 2.45) is 5.73 Å². The zero-order valence-corrected chi connectivity index (χ0v) is 6.75. The number of hydrogen-bond acceptors (Lipinski definition) is 3. The summed E-state index contributed by atoms with van der Waals surface area (Å²) in [5.74, 6) is 0. The van der Waals surface area contributed by atoms with Gasteiger partial charge in [-0.05, 0) is 6.42 Å². The Labute approximate surface area is 59.9 Å². The SMILES string of the molecule is C[C@H]1C[C@@H](N)COP1(=O)O. The predicted molar refractivity (Wildman–Crippen MR) is 37.8 cm³/mol. The fraction of sp³-hybridized carbons (Fsp3) is 1.00. The van der Waals surface area contributed by atoms with E-state index in [0.717, 1.165) is 0 Å².